The third-order valence-electron chi connectivity index (χ3n) is 10.0. The normalized spacial score (nSPS) is 25.0. The van der Waals surface area contributed by atoms with Gasteiger partial charge in [0.1, 0.15) is 5.75 Å². The SMILES string of the molecule is C[C@@H]1CCCCO[C@@H](CN(C)C(=O)NC2CCCCC2)[C@H](C)CN([C@@H](C)CO)C(=O)c2cc(NC(=O)C3CCCCC3)ccc2O1. The Morgan fingerprint density at radius 2 is 1.67 bits per heavy atom. The van der Waals surface area contributed by atoms with Gasteiger partial charge in [-0.25, -0.2) is 4.79 Å². The van der Waals surface area contributed by atoms with Crippen molar-refractivity contribution in [2.75, 3.05) is 38.7 Å². The summed E-state index contributed by atoms with van der Waals surface area (Å²) >= 11 is 0. The Kier molecular flexibility index (Phi) is 14.0. The monoisotopic (exact) mass is 642 g/mol. The lowest BCUT2D eigenvalue weighted by molar-refractivity contribution is -0.120. The number of likely N-dealkylation sites (N-methyl/N-ethyl adjacent to an activating group) is 1. The van der Waals surface area contributed by atoms with Crippen molar-refractivity contribution in [1.29, 1.82) is 0 Å². The molecule has 46 heavy (non-hydrogen) atoms. The van der Waals surface area contributed by atoms with E-state index in [1.54, 1.807) is 29.0 Å². The first kappa shape index (κ1) is 36.0. The highest BCUT2D eigenvalue weighted by atomic mass is 16.5. The summed E-state index contributed by atoms with van der Waals surface area (Å²) < 4.78 is 12.7. The molecule has 10 nitrogen and oxygen atoms in total. The summed E-state index contributed by atoms with van der Waals surface area (Å²) in [6.07, 6.45) is 12.7. The predicted octanol–water partition coefficient (Wildman–Crippen LogP) is 5.98. The maximum absolute atomic E-state index is 14.4. The fourth-order valence-corrected chi connectivity index (χ4v) is 6.96. The maximum atomic E-state index is 14.4. The number of aliphatic hydroxyl groups excluding tert-OH is 1. The summed E-state index contributed by atoms with van der Waals surface area (Å²) in [5, 5.41) is 16.5. The van der Waals surface area contributed by atoms with E-state index in [9.17, 15) is 19.5 Å². The minimum absolute atomic E-state index is 0.00637. The van der Waals surface area contributed by atoms with Crippen LogP contribution >= 0.6 is 0 Å². The number of amides is 4. The van der Waals surface area contributed by atoms with Gasteiger partial charge in [0, 0.05) is 50.3 Å². The molecule has 2 saturated carbocycles. The number of hydrogen-bond donors (Lipinski definition) is 3. The van der Waals surface area contributed by atoms with Crippen LogP contribution in [0.2, 0.25) is 0 Å². The molecule has 258 valence electrons. The Hall–Kier alpha value is -2.85. The van der Waals surface area contributed by atoms with Crippen molar-refractivity contribution >= 4 is 23.5 Å². The number of nitrogens with zero attached hydrogens (tertiary/aromatic N) is 2. The second-order valence-corrected chi connectivity index (χ2v) is 14.0. The van der Waals surface area contributed by atoms with Gasteiger partial charge in [0.2, 0.25) is 5.91 Å². The van der Waals surface area contributed by atoms with Gasteiger partial charge < -0.3 is 35.0 Å². The predicted molar refractivity (Wildman–Crippen MR) is 180 cm³/mol. The van der Waals surface area contributed by atoms with E-state index >= 15 is 0 Å². The van der Waals surface area contributed by atoms with Crippen LogP contribution in [0.1, 0.15) is 115 Å². The summed E-state index contributed by atoms with van der Waals surface area (Å²) in [6, 6.07) is 4.96. The van der Waals surface area contributed by atoms with Crippen LogP contribution in [0.25, 0.3) is 0 Å². The average Bonchev–Trinajstić information content (AvgIpc) is 3.06. The van der Waals surface area contributed by atoms with Gasteiger partial charge in [-0.1, -0.05) is 45.4 Å². The van der Waals surface area contributed by atoms with Crippen LogP contribution < -0.4 is 15.4 Å². The fraction of sp³-hybridized carbons (Fsp3) is 0.750. The van der Waals surface area contributed by atoms with E-state index in [1.807, 2.05) is 26.8 Å². The second-order valence-electron chi connectivity index (χ2n) is 14.0. The summed E-state index contributed by atoms with van der Waals surface area (Å²) in [6.45, 7) is 6.90. The molecule has 0 radical (unpaired) electrons. The average molecular weight is 643 g/mol. The molecule has 4 amide bonds. The topological polar surface area (TPSA) is 120 Å². The minimum Gasteiger partial charge on any atom is -0.490 e. The van der Waals surface area contributed by atoms with Gasteiger partial charge in [0.25, 0.3) is 5.91 Å². The molecule has 0 bridgehead atoms. The molecule has 1 aromatic carbocycles. The van der Waals surface area contributed by atoms with Gasteiger partial charge in [-0.3, -0.25) is 9.59 Å². The molecule has 1 heterocycles. The van der Waals surface area contributed by atoms with E-state index in [4.69, 9.17) is 9.47 Å². The lowest BCUT2D eigenvalue weighted by Crippen LogP contribution is -2.50. The van der Waals surface area contributed by atoms with Crippen LogP contribution in [0.4, 0.5) is 10.5 Å². The molecule has 1 aromatic rings. The second kappa shape index (κ2) is 17.9. The molecular formula is C36H58N4O6. The Labute approximate surface area is 275 Å². The molecule has 0 unspecified atom stereocenters. The smallest absolute Gasteiger partial charge is 0.317 e. The first-order valence-electron chi connectivity index (χ1n) is 17.8. The van der Waals surface area contributed by atoms with Crippen LogP contribution in [0, 0.1) is 11.8 Å². The number of rotatable bonds is 7. The summed E-state index contributed by atoms with van der Waals surface area (Å²) in [5.74, 6) is 0.0425. The molecule has 0 saturated heterocycles. The van der Waals surface area contributed by atoms with Gasteiger partial charge in [0.05, 0.1) is 30.4 Å². The lowest BCUT2D eigenvalue weighted by Gasteiger charge is -2.36. The zero-order valence-electron chi connectivity index (χ0n) is 28.6. The maximum Gasteiger partial charge on any atom is 0.317 e. The van der Waals surface area contributed by atoms with Crippen LogP contribution in [0.5, 0.6) is 5.75 Å². The lowest BCUT2D eigenvalue weighted by atomic mass is 9.88. The van der Waals surface area contributed by atoms with Crippen molar-refractivity contribution in [2.24, 2.45) is 11.8 Å². The third kappa shape index (κ3) is 10.3. The zero-order chi connectivity index (χ0) is 33.1. The van der Waals surface area contributed by atoms with Crippen molar-refractivity contribution in [3.05, 3.63) is 23.8 Å². The summed E-state index contributed by atoms with van der Waals surface area (Å²) in [5.41, 5.74) is 0.927. The first-order valence-corrected chi connectivity index (χ1v) is 17.8. The molecular weight excluding hydrogens is 584 g/mol. The van der Waals surface area contributed by atoms with Crippen LogP contribution in [-0.2, 0) is 9.53 Å². The highest BCUT2D eigenvalue weighted by Gasteiger charge is 2.31. The van der Waals surface area contributed by atoms with E-state index in [0.29, 0.717) is 36.7 Å². The van der Waals surface area contributed by atoms with Gasteiger partial charge in [0.15, 0.2) is 0 Å². The number of benzene rings is 1. The Morgan fingerprint density at radius 3 is 2.37 bits per heavy atom. The van der Waals surface area contributed by atoms with Crippen LogP contribution in [0.3, 0.4) is 0 Å². The molecule has 3 aliphatic rings. The number of anilines is 1. The Morgan fingerprint density at radius 1 is 1.00 bits per heavy atom. The Bertz CT molecular complexity index is 1140. The summed E-state index contributed by atoms with van der Waals surface area (Å²) in [4.78, 5) is 43.9. The van der Waals surface area contributed by atoms with Crippen molar-refractivity contribution in [2.45, 2.75) is 129 Å². The molecule has 2 aliphatic carbocycles. The van der Waals surface area contributed by atoms with Gasteiger partial charge in [-0.05, 0) is 77.0 Å². The van der Waals surface area contributed by atoms with E-state index in [1.165, 1.54) is 12.8 Å². The highest BCUT2D eigenvalue weighted by molar-refractivity contribution is 6.00. The number of carbonyl (C=O) groups is 3. The van der Waals surface area contributed by atoms with E-state index < -0.39 is 6.04 Å². The number of nitrogens with one attached hydrogen (secondary N) is 2. The van der Waals surface area contributed by atoms with Gasteiger partial charge in [-0.15, -0.1) is 0 Å². The minimum atomic E-state index is -0.471. The number of ether oxygens (including phenoxy) is 2. The molecule has 10 heteroatoms. The molecule has 0 spiro atoms. The highest BCUT2D eigenvalue weighted by Crippen LogP contribution is 2.30. The fourth-order valence-electron chi connectivity index (χ4n) is 6.96. The third-order valence-corrected chi connectivity index (χ3v) is 10.0. The molecule has 0 aromatic heterocycles. The van der Waals surface area contributed by atoms with Crippen molar-refractivity contribution in [3.8, 4) is 5.75 Å². The van der Waals surface area contributed by atoms with Crippen molar-refractivity contribution < 1.29 is 29.0 Å². The number of aliphatic hydroxyl groups is 1. The van der Waals surface area contributed by atoms with Crippen molar-refractivity contribution in [3.63, 3.8) is 0 Å². The molecule has 4 rings (SSSR count). The van der Waals surface area contributed by atoms with Gasteiger partial charge in [-0.2, -0.15) is 0 Å². The molecule has 4 atom stereocenters. The van der Waals surface area contributed by atoms with Crippen LogP contribution in [-0.4, -0.2) is 90.4 Å². The van der Waals surface area contributed by atoms with E-state index in [2.05, 4.69) is 10.6 Å². The number of urea groups is 1. The molecule has 1 aliphatic heterocycles. The zero-order valence-corrected chi connectivity index (χ0v) is 28.6. The van der Waals surface area contributed by atoms with Crippen molar-refractivity contribution in [1.82, 2.24) is 15.1 Å². The van der Waals surface area contributed by atoms with Gasteiger partial charge >= 0.3 is 6.03 Å². The number of hydrogen-bond acceptors (Lipinski definition) is 6. The first-order chi connectivity index (χ1) is 22.2. The molecule has 3 N–H and O–H groups in total. The van der Waals surface area contributed by atoms with E-state index in [0.717, 1.165) is 70.6 Å². The Balaban J connectivity index is 1.56. The van der Waals surface area contributed by atoms with Crippen LogP contribution in [0.15, 0.2) is 18.2 Å². The number of fused-ring (bicyclic) bond motifs is 1. The standard InChI is InChI=1S/C36H58N4O6/c1-25-22-40(26(2)24-41)35(43)31-21-30(37-34(42)28-14-7-5-8-15-28)18-19-32(31)46-27(3)13-11-12-20-45-33(25)23-39(4)36(44)38-29-16-9-6-10-17-29/h18-19,21,25-29,33,41H,5-17,20,22-24H2,1-4H3,(H,37,42)(H,38,44)/t25-,26+,27-,33+/m1/s1. The molecule has 2 fully saturated rings. The largest absolute Gasteiger partial charge is 0.490 e. The van der Waals surface area contributed by atoms with E-state index in [-0.39, 0.29) is 54.5 Å². The summed E-state index contributed by atoms with van der Waals surface area (Å²) in [7, 11) is 1.80. The quantitative estimate of drug-likeness (QED) is 0.337. The number of carbonyl (C=O) groups excluding carboxylic acids is 3.